The molecule has 0 amide bonds. The Morgan fingerprint density at radius 3 is 2.81 bits per heavy atom. The zero-order valence-electron chi connectivity index (χ0n) is 8.66. The summed E-state index contributed by atoms with van der Waals surface area (Å²) in [6.07, 6.45) is 4.82. The topological polar surface area (TPSA) is 67.9 Å². The average Bonchev–Trinajstić information content (AvgIpc) is 2.85. The van der Waals surface area contributed by atoms with E-state index >= 15 is 0 Å². The third-order valence-corrected chi connectivity index (χ3v) is 3.43. The number of H-pyrrole nitrogens is 1. The average molecular weight is 237 g/mol. The summed E-state index contributed by atoms with van der Waals surface area (Å²) in [7, 11) is 0.108. The maximum Gasteiger partial charge on any atom is 0.199 e. The molecule has 6 heteroatoms. The molecule has 2 heterocycles. The van der Waals surface area contributed by atoms with E-state index in [1.165, 1.54) is 7.11 Å². The van der Waals surface area contributed by atoms with Crippen LogP contribution in [0, 0.1) is 0 Å². The van der Waals surface area contributed by atoms with Gasteiger partial charge in [0.15, 0.2) is 10.6 Å². The van der Waals surface area contributed by atoms with Crippen molar-refractivity contribution >= 4 is 10.8 Å². The van der Waals surface area contributed by atoms with Crippen LogP contribution in [0.3, 0.4) is 0 Å². The molecule has 0 aliphatic carbocycles. The number of aromatic amines is 1. The fourth-order valence-corrected chi connectivity index (χ4v) is 2.38. The lowest BCUT2D eigenvalue weighted by atomic mass is 10.4. The van der Waals surface area contributed by atoms with Crippen LogP contribution in [0.15, 0.2) is 41.9 Å². The second-order valence-electron chi connectivity index (χ2n) is 3.01. The molecule has 2 rings (SSSR count). The summed E-state index contributed by atoms with van der Waals surface area (Å²) < 4.78 is 17.3. The fourth-order valence-electron chi connectivity index (χ4n) is 1.30. The van der Waals surface area contributed by atoms with E-state index in [2.05, 4.69) is 15.0 Å². The molecule has 84 valence electrons. The first-order chi connectivity index (χ1) is 7.83. The van der Waals surface area contributed by atoms with Crippen LogP contribution < -0.4 is 0 Å². The van der Waals surface area contributed by atoms with Crippen LogP contribution in [0.25, 0.3) is 0 Å². The normalized spacial score (nSPS) is 14.6. The first-order valence-electron chi connectivity index (χ1n) is 4.66. The lowest BCUT2D eigenvalue weighted by Crippen LogP contribution is -2.11. The lowest BCUT2D eigenvalue weighted by Gasteiger charge is -2.12. The van der Waals surface area contributed by atoms with Gasteiger partial charge in [0.05, 0.1) is 5.69 Å². The van der Waals surface area contributed by atoms with Gasteiger partial charge in [-0.05, 0) is 12.1 Å². The molecule has 2 atom stereocenters. The Hall–Kier alpha value is -1.53. The third-order valence-electron chi connectivity index (χ3n) is 2.00. The van der Waals surface area contributed by atoms with Crippen LogP contribution in [0.2, 0.25) is 0 Å². The minimum Gasteiger partial charge on any atom is -0.361 e. The number of imidazole rings is 1. The predicted molar refractivity (Wildman–Crippen MR) is 59.0 cm³/mol. The van der Waals surface area contributed by atoms with E-state index in [4.69, 9.17) is 4.74 Å². The zero-order chi connectivity index (χ0) is 11.4. The molecule has 0 radical (unpaired) electrons. The Morgan fingerprint density at radius 2 is 2.25 bits per heavy atom. The molecule has 2 unspecified atom stereocenters. The number of methoxy groups -OCH3 is 1. The van der Waals surface area contributed by atoms with Gasteiger partial charge in [-0.2, -0.15) is 0 Å². The standard InChI is InChI=1S/C10H11N3O2S/c1-15-9(8-4-2-3-5-11-8)16(14)10-12-6-7-13-10/h2-7,9H,1H3,(H,12,13). The van der Waals surface area contributed by atoms with Crippen molar-refractivity contribution in [2.75, 3.05) is 7.11 Å². The highest BCUT2D eigenvalue weighted by atomic mass is 32.2. The molecule has 0 fully saturated rings. The molecule has 2 aromatic rings. The van der Waals surface area contributed by atoms with E-state index in [0.717, 1.165) is 0 Å². The number of hydrogen-bond donors (Lipinski definition) is 1. The minimum absolute atomic E-state index is 0.387. The summed E-state index contributed by atoms with van der Waals surface area (Å²) in [6, 6.07) is 5.40. The molecule has 0 spiro atoms. The molecule has 0 bridgehead atoms. The van der Waals surface area contributed by atoms with Crippen molar-refractivity contribution in [1.29, 1.82) is 0 Å². The summed E-state index contributed by atoms with van der Waals surface area (Å²) in [5, 5.41) is 0.387. The van der Waals surface area contributed by atoms with Gasteiger partial charge in [-0.25, -0.2) is 9.19 Å². The van der Waals surface area contributed by atoms with Gasteiger partial charge in [-0.15, -0.1) is 0 Å². The first-order valence-corrected chi connectivity index (χ1v) is 5.88. The quantitative estimate of drug-likeness (QED) is 0.869. The molecule has 5 nitrogen and oxygen atoms in total. The number of pyridine rings is 1. The molecule has 0 aliphatic heterocycles. The molecule has 0 aromatic carbocycles. The van der Waals surface area contributed by atoms with Crippen molar-refractivity contribution in [2.45, 2.75) is 10.6 Å². The summed E-state index contributed by atoms with van der Waals surface area (Å²) >= 11 is 0. The van der Waals surface area contributed by atoms with Gasteiger partial charge in [0.2, 0.25) is 0 Å². The summed E-state index contributed by atoms with van der Waals surface area (Å²) in [5.74, 6) is 0. The second kappa shape index (κ2) is 5.00. The Kier molecular flexibility index (Phi) is 3.43. The second-order valence-corrected chi connectivity index (χ2v) is 4.42. The Morgan fingerprint density at radius 1 is 1.38 bits per heavy atom. The van der Waals surface area contributed by atoms with Gasteiger partial charge in [0.1, 0.15) is 10.8 Å². The molecule has 2 aromatic heterocycles. The van der Waals surface area contributed by atoms with Crippen LogP contribution in [-0.2, 0) is 15.5 Å². The predicted octanol–water partition coefficient (Wildman–Crippen LogP) is 1.26. The van der Waals surface area contributed by atoms with Gasteiger partial charge >= 0.3 is 0 Å². The smallest absolute Gasteiger partial charge is 0.199 e. The van der Waals surface area contributed by atoms with Crippen LogP contribution in [0.4, 0.5) is 0 Å². The first kappa shape index (κ1) is 11.0. The largest absolute Gasteiger partial charge is 0.361 e. The van der Waals surface area contributed by atoms with E-state index in [0.29, 0.717) is 10.9 Å². The van der Waals surface area contributed by atoms with Gasteiger partial charge in [-0.3, -0.25) is 4.98 Å². The van der Waals surface area contributed by atoms with Crippen molar-refractivity contribution in [3.8, 4) is 0 Å². The van der Waals surface area contributed by atoms with Crippen molar-refractivity contribution < 1.29 is 8.95 Å². The summed E-state index contributed by atoms with van der Waals surface area (Å²) in [4.78, 5) is 10.9. The van der Waals surface area contributed by atoms with Crippen molar-refractivity contribution in [2.24, 2.45) is 0 Å². The van der Waals surface area contributed by atoms with Crippen molar-refractivity contribution in [3.05, 3.63) is 42.5 Å². The SMILES string of the molecule is COC(c1ccccn1)S(=O)c1ncc[nH]1. The molecule has 1 N–H and O–H groups in total. The van der Waals surface area contributed by atoms with Crippen molar-refractivity contribution in [1.82, 2.24) is 15.0 Å². The Labute approximate surface area is 95.4 Å². The molecular formula is C10H11N3O2S. The molecular weight excluding hydrogens is 226 g/mol. The zero-order valence-corrected chi connectivity index (χ0v) is 9.48. The number of aromatic nitrogens is 3. The number of ether oxygens (including phenoxy) is 1. The molecule has 16 heavy (non-hydrogen) atoms. The molecule has 0 aliphatic rings. The number of rotatable bonds is 4. The maximum atomic E-state index is 12.1. The maximum absolute atomic E-state index is 12.1. The number of nitrogens with one attached hydrogen (secondary N) is 1. The van der Waals surface area contributed by atoms with Crippen LogP contribution >= 0.6 is 0 Å². The molecule has 0 saturated carbocycles. The highest BCUT2D eigenvalue weighted by Gasteiger charge is 2.22. The number of nitrogens with zero attached hydrogens (tertiary/aromatic N) is 2. The highest BCUT2D eigenvalue weighted by Crippen LogP contribution is 2.21. The number of hydrogen-bond acceptors (Lipinski definition) is 4. The molecule has 0 saturated heterocycles. The Balaban J connectivity index is 2.27. The highest BCUT2D eigenvalue weighted by molar-refractivity contribution is 7.84. The van der Waals surface area contributed by atoms with E-state index in [-0.39, 0.29) is 0 Å². The fraction of sp³-hybridized carbons (Fsp3) is 0.200. The monoisotopic (exact) mass is 237 g/mol. The van der Waals surface area contributed by atoms with Gasteiger partial charge in [0, 0.05) is 25.7 Å². The summed E-state index contributed by atoms with van der Waals surface area (Å²) in [6.45, 7) is 0. The van der Waals surface area contributed by atoms with E-state index < -0.39 is 16.2 Å². The van der Waals surface area contributed by atoms with Crippen LogP contribution in [0.1, 0.15) is 11.1 Å². The van der Waals surface area contributed by atoms with Gasteiger partial charge in [-0.1, -0.05) is 6.07 Å². The third kappa shape index (κ3) is 2.17. The van der Waals surface area contributed by atoms with E-state index in [9.17, 15) is 4.21 Å². The van der Waals surface area contributed by atoms with E-state index in [1.807, 2.05) is 6.07 Å². The van der Waals surface area contributed by atoms with E-state index in [1.54, 1.807) is 30.7 Å². The lowest BCUT2D eigenvalue weighted by molar-refractivity contribution is 0.167. The van der Waals surface area contributed by atoms with Crippen LogP contribution in [-0.4, -0.2) is 26.3 Å². The van der Waals surface area contributed by atoms with Crippen LogP contribution in [0.5, 0.6) is 0 Å². The Bertz CT molecular complexity index is 458. The van der Waals surface area contributed by atoms with Gasteiger partial charge < -0.3 is 9.72 Å². The van der Waals surface area contributed by atoms with Gasteiger partial charge in [0.25, 0.3) is 0 Å². The van der Waals surface area contributed by atoms with Crippen molar-refractivity contribution in [3.63, 3.8) is 0 Å². The minimum atomic E-state index is -1.39. The summed E-state index contributed by atoms with van der Waals surface area (Å²) in [5.41, 5.74) is 0.0204.